The zero-order valence-electron chi connectivity index (χ0n) is 16.8. The van der Waals surface area contributed by atoms with Crippen molar-refractivity contribution in [1.82, 2.24) is 4.83 Å². The van der Waals surface area contributed by atoms with Gasteiger partial charge in [0.2, 0.25) is 5.91 Å². The molecule has 0 unspecified atom stereocenters. The zero-order chi connectivity index (χ0) is 22.3. The first-order chi connectivity index (χ1) is 14.2. The van der Waals surface area contributed by atoms with Crippen LogP contribution in [0.25, 0.3) is 0 Å². The molecule has 0 radical (unpaired) electrons. The first-order valence-electron chi connectivity index (χ1n) is 9.13. The number of non-ortho nitro benzene ring substituents is 1. The fourth-order valence-corrected chi connectivity index (χ4v) is 3.54. The molecule has 30 heavy (non-hydrogen) atoms. The number of benzene rings is 2. The van der Waals surface area contributed by atoms with E-state index in [4.69, 9.17) is 0 Å². The van der Waals surface area contributed by atoms with Crippen molar-refractivity contribution in [2.75, 3.05) is 23.3 Å². The summed E-state index contributed by atoms with van der Waals surface area (Å²) in [4.78, 5) is 25.7. The van der Waals surface area contributed by atoms with Gasteiger partial charge in [0.25, 0.3) is 15.7 Å². The Morgan fingerprint density at radius 3 is 2.33 bits per heavy atom. The van der Waals surface area contributed by atoms with Crippen molar-refractivity contribution in [2.24, 2.45) is 5.10 Å². The van der Waals surface area contributed by atoms with Gasteiger partial charge in [0.1, 0.15) is 0 Å². The van der Waals surface area contributed by atoms with E-state index in [9.17, 15) is 23.3 Å². The lowest BCUT2D eigenvalue weighted by molar-refractivity contribution is -0.384. The standard InChI is InChI=1S/C19H23N5O5S/c1-4-23(5-2)19-11-8-17(24(26)27)12-15(19)13-20-22-30(28,29)18-9-6-16(7-10-18)21-14(3)25/h6-13,22H,4-5H2,1-3H3,(H,21,25). The smallest absolute Gasteiger partial charge is 0.276 e. The van der Waals surface area contributed by atoms with E-state index in [1.807, 2.05) is 18.7 Å². The number of sulfonamides is 1. The van der Waals surface area contributed by atoms with E-state index in [-0.39, 0.29) is 16.5 Å². The Hall–Kier alpha value is -3.47. The number of amides is 1. The molecule has 10 nitrogen and oxygen atoms in total. The molecule has 160 valence electrons. The molecular formula is C19H23N5O5S. The van der Waals surface area contributed by atoms with Gasteiger partial charge in [-0.1, -0.05) is 0 Å². The highest BCUT2D eigenvalue weighted by molar-refractivity contribution is 7.89. The third-order valence-corrected chi connectivity index (χ3v) is 5.43. The van der Waals surface area contributed by atoms with Gasteiger partial charge in [-0.15, -0.1) is 0 Å². The lowest BCUT2D eigenvalue weighted by atomic mass is 10.1. The normalized spacial score (nSPS) is 11.3. The lowest BCUT2D eigenvalue weighted by Gasteiger charge is -2.22. The van der Waals surface area contributed by atoms with Crippen molar-refractivity contribution >= 4 is 39.2 Å². The van der Waals surface area contributed by atoms with Crippen LogP contribution >= 0.6 is 0 Å². The molecule has 0 aliphatic heterocycles. The minimum atomic E-state index is -3.95. The number of carbonyl (C=O) groups is 1. The second-order valence-electron chi connectivity index (χ2n) is 6.23. The third-order valence-electron chi connectivity index (χ3n) is 4.19. The van der Waals surface area contributed by atoms with Crippen LogP contribution in [-0.2, 0) is 14.8 Å². The molecule has 0 heterocycles. The second-order valence-corrected chi connectivity index (χ2v) is 7.89. The average molecular weight is 433 g/mol. The van der Waals surface area contributed by atoms with E-state index in [2.05, 4.69) is 15.2 Å². The molecule has 0 aliphatic rings. The van der Waals surface area contributed by atoms with Gasteiger partial charge in [-0.25, -0.2) is 4.83 Å². The largest absolute Gasteiger partial charge is 0.372 e. The Balaban J connectivity index is 2.27. The van der Waals surface area contributed by atoms with Crippen LogP contribution in [0.1, 0.15) is 26.3 Å². The highest BCUT2D eigenvalue weighted by Crippen LogP contribution is 2.24. The Morgan fingerprint density at radius 2 is 1.80 bits per heavy atom. The number of hydrazone groups is 1. The highest BCUT2D eigenvalue weighted by Gasteiger charge is 2.15. The Morgan fingerprint density at radius 1 is 1.17 bits per heavy atom. The number of nitrogens with one attached hydrogen (secondary N) is 2. The molecular weight excluding hydrogens is 410 g/mol. The van der Waals surface area contributed by atoms with Gasteiger partial charge in [-0.05, 0) is 44.2 Å². The zero-order valence-corrected chi connectivity index (χ0v) is 17.6. The van der Waals surface area contributed by atoms with E-state index in [0.29, 0.717) is 30.0 Å². The molecule has 0 bridgehead atoms. The van der Waals surface area contributed by atoms with Gasteiger partial charge in [0, 0.05) is 49.1 Å². The van der Waals surface area contributed by atoms with E-state index in [1.165, 1.54) is 49.5 Å². The van der Waals surface area contributed by atoms with Crippen molar-refractivity contribution in [1.29, 1.82) is 0 Å². The number of rotatable bonds is 9. The SMILES string of the molecule is CCN(CC)c1ccc([N+](=O)[O-])cc1C=NNS(=O)(=O)c1ccc(NC(C)=O)cc1. The van der Waals surface area contributed by atoms with Crippen molar-refractivity contribution in [3.05, 3.63) is 58.1 Å². The van der Waals surface area contributed by atoms with Crippen LogP contribution in [0.5, 0.6) is 0 Å². The maximum atomic E-state index is 12.4. The van der Waals surface area contributed by atoms with Gasteiger partial charge in [-0.2, -0.15) is 13.5 Å². The van der Waals surface area contributed by atoms with Crippen LogP contribution in [0.15, 0.2) is 52.5 Å². The summed E-state index contributed by atoms with van der Waals surface area (Å²) in [5, 5.41) is 17.4. The van der Waals surface area contributed by atoms with Crippen LogP contribution in [0, 0.1) is 10.1 Å². The minimum Gasteiger partial charge on any atom is -0.372 e. The number of carbonyl (C=O) groups excluding carboxylic acids is 1. The Labute approximate surface area is 174 Å². The summed E-state index contributed by atoms with van der Waals surface area (Å²) in [6, 6.07) is 9.92. The topological polar surface area (TPSA) is 134 Å². The van der Waals surface area contributed by atoms with E-state index < -0.39 is 14.9 Å². The predicted octanol–water partition coefficient (Wildman–Crippen LogP) is 2.71. The van der Waals surface area contributed by atoms with Crippen LogP contribution < -0.4 is 15.0 Å². The van der Waals surface area contributed by atoms with Crippen molar-refractivity contribution in [2.45, 2.75) is 25.7 Å². The van der Waals surface area contributed by atoms with Crippen molar-refractivity contribution in [3.8, 4) is 0 Å². The van der Waals surface area contributed by atoms with Gasteiger partial charge >= 0.3 is 0 Å². The molecule has 2 aromatic rings. The molecule has 0 saturated carbocycles. The number of nitro benzene ring substituents is 1. The summed E-state index contributed by atoms with van der Waals surface area (Å²) >= 11 is 0. The second kappa shape index (κ2) is 9.83. The third kappa shape index (κ3) is 5.77. The molecule has 11 heteroatoms. The summed E-state index contributed by atoms with van der Waals surface area (Å²) in [5.41, 5.74) is 1.46. The van der Waals surface area contributed by atoms with Crippen molar-refractivity contribution in [3.63, 3.8) is 0 Å². The van der Waals surface area contributed by atoms with Crippen LogP contribution in [0.4, 0.5) is 17.1 Å². The molecule has 0 saturated heterocycles. The Kier molecular flexibility index (Phi) is 7.48. The average Bonchev–Trinajstić information content (AvgIpc) is 2.69. The van der Waals surface area contributed by atoms with Crippen molar-refractivity contribution < 1.29 is 18.1 Å². The van der Waals surface area contributed by atoms with Gasteiger partial charge in [0.15, 0.2) is 0 Å². The molecule has 0 fully saturated rings. The monoisotopic (exact) mass is 433 g/mol. The molecule has 0 spiro atoms. The number of nitrogens with zero attached hydrogens (tertiary/aromatic N) is 3. The molecule has 0 atom stereocenters. The first-order valence-corrected chi connectivity index (χ1v) is 10.6. The summed E-state index contributed by atoms with van der Waals surface area (Å²) in [6.07, 6.45) is 1.24. The molecule has 2 aromatic carbocycles. The van der Waals surface area contributed by atoms with E-state index in [0.717, 1.165) is 0 Å². The maximum absolute atomic E-state index is 12.4. The van der Waals surface area contributed by atoms with Crippen LogP contribution in [0.2, 0.25) is 0 Å². The summed E-state index contributed by atoms with van der Waals surface area (Å²) in [5.74, 6) is -0.269. The van der Waals surface area contributed by atoms with E-state index in [1.54, 1.807) is 6.07 Å². The first kappa shape index (κ1) is 22.8. The number of hydrogen-bond acceptors (Lipinski definition) is 7. The molecule has 2 N–H and O–H groups in total. The summed E-state index contributed by atoms with van der Waals surface area (Å²) in [7, 11) is -3.95. The Bertz CT molecular complexity index is 1050. The summed E-state index contributed by atoms with van der Waals surface area (Å²) < 4.78 is 24.9. The molecule has 1 amide bonds. The fourth-order valence-electron chi connectivity index (χ4n) is 2.75. The van der Waals surface area contributed by atoms with Gasteiger partial charge in [-0.3, -0.25) is 14.9 Å². The van der Waals surface area contributed by atoms with Gasteiger partial charge in [0.05, 0.1) is 16.0 Å². The van der Waals surface area contributed by atoms with Crippen LogP contribution in [-0.4, -0.2) is 38.6 Å². The summed E-state index contributed by atoms with van der Waals surface area (Å²) in [6.45, 7) is 6.57. The quantitative estimate of drug-likeness (QED) is 0.355. The maximum Gasteiger partial charge on any atom is 0.276 e. The predicted molar refractivity (Wildman–Crippen MR) is 115 cm³/mol. The highest BCUT2D eigenvalue weighted by atomic mass is 32.2. The number of nitro groups is 1. The molecule has 2 rings (SSSR count). The number of anilines is 2. The molecule has 0 aliphatic carbocycles. The van der Waals surface area contributed by atoms with Crippen LogP contribution in [0.3, 0.4) is 0 Å². The number of hydrogen-bond donors (Lipinski definition) is 2. The van der Waals surface area contributed by atoms with E-state index >= 15 is 0 Å². The molecule has 0 aromatic heterocycles. The lowest BCUT2D eigenvalue weighted by Crippen LogP contribution is -2.23. The fraction of sp³-hybridized carbons (Fsp3) is 0.263. The van der Waals surface area contributed by atoms with Gasteiger partial charge < -0.3 is 10.2 Å². The minimum absolute atomic E-state index is 0.0447.